The fraction of sp³-hybridized carbons (Fsp3) is 0.889. The standard InChI is InChI=1S/C18H31NO5/c1-13-6-5-7-17(12-13,14(20)21)18(23)8-10-19(11-9-18)15(22)24-16(2,3)4/h13,23H,5-12H2,1-4H3,(H,20,21). The minimum atomic E-state index is -1.26. The van der Waals surface area contributed by atoms with Crippen molar-refractivity contribution in [2.24, 2.45) is 11.3 Å². The van der Waals surface area contributed by atoms with Crippen LogP contribution in [0.15, 0.2) is 0 Å². The second-order valence-electron chi connectivity index (χ2n) is 8.59. The molecule has 2 N–H and O–H groups in total. The molecule has 1 aliphatic carbocycles. The smallest absolute Gasteiger partial charge is 0.410 e. The van der Waals surface area contributed by atoms with Gasteiger partial charge in [-0.2, -0.15) is 0 Å². The van der Waals surface area contributed by atoms with E-state index in [0.717, 1.165) is 12.8 Å². The first-order valence-corrected chi connectivity index (χ1v) is 8.93. The Labute approximate surface area is 144 Å². The maximum atomic E-state index is 12.2. The molecule has 0 aromatic rings. The lowest BCUT2D eigenvalue weighted by atomic mass is 9.58. The molecule has 1 heterocycles. The van der Waals surface area contributed by atoms with Crippen molar-refractivity contribution >= 4 is 12.1 Å². The van der Waals surface area contributed by atoms with Gasteiger partial charge in [0.05, 0.1) is 11.0 Å². The largest absolute Gasteiger partial charge is 0.481 e. The molecule has 1 saturated heterocycles. The van der Waals surface area contributed by atoms with Crippen molar-refractivity contribution in [1.29, 1.82) is 0 Å². The van der Waals surface area contributed by atoms with E-state index >= 15 is 0 Å². The number of piperidine rings is 1. The van der Waals surface area contributed by atoms with Gasteiger partial charge in [0.1, 0.15) is 5.60 Å². The molecule has 0 spiro atoms. The second-order valence-corrected chi connectivity index (χ2v) is 8.59. The van der Waals surface area contributed by atoms with Crippen LogP contribution in [0.25, 0.3) is 0 Å². The van der Waals surface area contributed by atoms with E-state index in [9.17, 15) is 19.8 Å². The third kappa shape index (κ3) is 3.68. The first-order valence-electron chi connectivity index (χ1n) is 8.93. The Hall–Kier alpha value is -1.30. The number of aliphatic hydroxyl groups is 1. The highest BCUT2D eigenvalue weighted by molar-refractivity contribution is 5.77. The van der Waals surface area contributed by atoms with Crippen LogP contribution in [0.2, 0.25) is 0 Å². The maximum absolute atomic E-state index is 12.2. The Morgan fingerprint density at radius 3 is 2.21 bits per heavy atom. The highest BCUT2D eigenvalue weighted by Crippen LogP contribution is 2.51. The summed E-state index contributed by atoms with van der Waals surface area (Å²) in [7, 11) is 0. The van der Waals surface area contributed by atoms with Crippen molar-refractivity contribution < 1.29 is 24.5 Å². The summed E-state index contributed by atoms with van der Waals surface area (Å²) in [6.07, 6.45) is 3.02. The van der Waals surface area contributed by atoms with Crippen LogP contribution >= 0.6 is 0 Å². The number of carbonyl (C=O) groups is 2. The molecule has 0 bridgehead atoms. The van der Waals surface area contributed by atoms with Gasteiger partial charge < -0.3 is 19.8 Å². The van der Waals surface area contributed by atoms with Crippen LogP contribution in [-0.4, -0.2) is 51.5 Å². The van der Waals surface area contributed by atoms with E-state index in [2.05, 4.69) is 6.92 Å². The molecular formula is C18H31NO5. The van der Waals surface area contributed by atoms with Gasteiger partial charge in [0, 0.05) is 13.1 Å². The molecule has 138 valence electrons. The van der Waals surface area contributed by atoms with Gasteiger partial charge in [0.2, 0.25) is 0 Å². The van der Waals surface area contributed by atoms with Crippen molar-refractivity contribution in [2.45, 2.75) is 77.4 Å². The first-order chi connectivity index (χ1) is 11.0. The Kier molecular flexibility index (Phi) is 5.19. The second kappa shape index (κ2) is 6.54. The SMILES string of the molecule is CC1CCCC(C(=O)O)(C2(O)CCN(C(=O)OC(C)(C)C)CC2)C1. The van der Waals surface area contributed by atoms with Gasteiger partial charge in [-0.05, 0) is 52.4 Å². The van der Waals surface area contributed by atoms with E-state index in [0.29, 0.717) is 31.8 Å². The van der Waals surface area contributed by atoms with Gasteiger partial charge in [-0.1, -0.05) is 19.8 Å². The average molecular weight is 341 g/mol. The van der Waals surface area contributed by atoms with Crippen molar-refractivity contribution in [2.75, 3.05) is 13.1 Å². The number of likely N-dealkylation sites (tertiary alicyclic amines) is 1. The molecular weight excluding hydrogens is 310 g/mol. The number of carboxylic acid groups (broad SMARTS) is 1. The molecule has 6 heteroatoms. The number of carboxylic acids is 1. The topological polar surface area (TPSA) is 87.1 Å². The van der Waals surface area contributed by atoms with Gasteiger partial charge in [-0.25, -0.2) is 4.79 Å². The molecule has 2 rings (SSSR count). The highest BCUT2D eigenvalue weighted by atomic mass is 16.6. The highest BCUT2D eigenvalue weighted by Gasteiger charge is 2.58. The van der Waals surface area contributed by atoms with Gasteiger partial charge in [-0.15, -0.1) is 0 Å². The molecule has 2 atom stereocenters. The van der Waals surface area contributed by atoms with Gasteiger partial charge in [-0.3, -0.25) is 4.79 Å². The van der Waals surface area contributed by atoms with Crippen molar-refractivity contribution in [1.82, 2.24) is 4.90 Å². The Morgan fingerprint density at radius 2 is 1.75 bits per heavy atom. The number of amides is 1. The molecule has 1 saturated carbocycles. The Morgan fingerprint density at radius 1 is 1.17 bits per heavy atom. The number of carbonyl (C=O) groups excluding carboxylic acids is 1. The lowest BCUT2D eigenvalue weighted by molar-refractivity contribution is -0.185. The lowest BCUT2D eigenvalue weighted by Crippen LogP contribution is -2.60. The van der Waals surface area contributed by atoms with Gasteiger partial charge >= 0.3 is 12.1 Å². The molecule has 1 amide bonds. The van der Waals surface area contributed by atoms with E-state index in [1.807, 2.05) is 20.8 Å². The fourth-order valence-electron chi connectivity index (χ4n) is 4.23. The number of hydrogen-bond acceptors (Lipinski definition) is 4. The van der Waals surface area contributed by atoms with E-state index in [1.54, 1.807) is 4.90 Å². The number of hydrogen-bond donors (Lipinski definition) is 2. The predicted octanol–water partition coefficient (Wildman–Crippen LogP) is 3.03. The van der Waals surface area contributed by atoms with Crippen LogP contribution in [0.5, 0.6) is 0 Å². The van der Waals surface area contributed by atoms with E-state index < -0.39 is 28.7 Å². The molecule has 0 aromatic heterocycles. The van der Waals surface area contributed by atoms with Crippen LogP contribution in [0.1, 0.15) is 66.2 Å². The summed E-state index contributed by atoms with van der Waals surface area (Å²) < 4.78 is 5.37. The predicted molar refractivity (Wildman–Crippen MR) is 89.7 cm³/mol. The number of aliphatic carboxylic acids is 1. The van der Waals surface area contributed by atoms with Gasteiger partial charge in [0.25, 0.3) is 0 Å². The number of rotatable bonds is 2. The minimum absolute atomic E-state index is 0.283. The molecule has 1 aliphatic heterocycles. The van der Waals surface area contributed by atoms with Crippen molar-refractivity contribution in [3.63, 3.8) is 0 Å². The molecule has 2 unspecified atom stereocenters. The van der Waals surface area contributed by atoms with E-state index in [4.69, 9.17) is 4.74 Å². The molecule has 24 heavy (non-hydrogen) atoms. The summed E-state index contributed by atoms with van der Waals surface area (Å²) in [4.78, 5) is 25.8. The minimum Gasteiger partial charge on any atom is -0.481 e. The molecule has 0 radical (unpaired) electrons. The van der Waals surface area contributed by atoms with Crippen LogP contribution in [0.4, 0.5) is 4.79 Å². The van der Waals surface area contributed by atoms with Crippen LogP contribution in [0.3, 0.4) is 0 Å². The summed E-state index contributed by atoms with van der Waals surface area (Å²) in [5.74, 6) is -0.606. The third-order valence-electron chi connectivity index (χ3n) is 5.54. The Bertz CT molecular complexity index is 490. The lowest BCUT2D eigenvalue weighted by Gasteiger charge is -2.51. The monoisotopic (exact) mass is 341 g/mol. The zero-order valence-electron chi connectivity index (χ0n) is 15.3. The van der Waals surface area contributed by atoms with Crippen molar-refractivity contribution in [3.05, 3.63) is 0 Å². The normalized spacial score (nSPS) is 30.7. The van der Waals surface area contributed by atoms with E-state index in [1.165, 1.54) is 0 Å². The molecule has 6 nitrogen and oxygen atoms in total. The van der Waals surface area contributed by atoms with Crippen LogP contribution < -0.4 is 0 Å². The average Bonchev–Trinajstić information content (AvgIpc) is 2.45. The number of ether oxygens (including phenoxy) is 1. The van der Waals surface area contributed by atoms with Crippen LogP contribution in [-0.2, 0) is 9.53 Å². The third-order valence-corrected chi connectivity index (χ3v) is 5.54. The molecule has 2 fully saturated rings. The van der Waals surface area contributed by atoms with Crippen molar-refractivity contribution in [3.8, 4) is 0 Å². The summed E-state index contributed by atoms with van der Waals surface area (Å²) in [6, 6.07) is 0. The van der Waals surface area contributed by atoms with Gasteiger partial charge in [0.15, 0.2) is 0 Å². The molecule has 0 aromatic carbocycles. The maximum Gasteiger partial charge on any atom is 0.410 e. The fourth-order valence-corrected chi connectivity index (χ4v) is 4.23. The zero-order chi connectivity index (χ0) is 18.2. The summed E-state index contributed by atoms with van der Waals surface area (Å²) >= 11 is 0. The summed E-state index contributed by atoms with van der Waals surface area (Å²) in [5.41, 5.74) is -2.91. The van der Waals surface area contributed by atoms with Crippen LogP contribution in [0, 0.1) is 11.3 Å². The summed E-state index contributed by atoms with van der Waals surface area (Å²) in [6.45, 7) is 8.15. The molecule has 2 aliphatic rings. The van der Waals surface area contributed by atoms with E-state index in [-0.39, 0.29) is 12.8 Å². The first kappa shape index (κ1) is 19.0. The Balaban J connectivity index is 2.10. The quantitative estimate of drug-likeness (QED) is 0.806. The zero-order valence-corrected chi connectivity index (χ0v) is 15.3. The summed E-state index contributed by atoms with van der Waals surface area (Å²) in [5, 5.41) is 21.1. The number of nitrogens with zero attached hydrogens (tertiary/aromatic N) is 1.